The van der Waals surface area contributed by atoms with Crippen LogP contribution < -0.4 is 11.5 Å². The van der Waals surface area contributed by atoms with E-state index in [1.807, 2.05) is 118 Å². The molecule has 0 bridgehead atoms. The molecule has 0 saturated carbocycles. The molecular weight excluding hydrogens is 751 g/mol. The molecule has 8 aromatic carbocycles. The Bertz CT molecular complexity index is 2520. The fourth-order valence-electron chi connectivity index (χ4n) is 6.73. The Kier molecular flexibility index (Phi) is 19.9. The van der Waals surface area contributed by atoms with E-state index in [-0.39, 0.29) is 5.84 Å². The standard InChI is InChI=1S/C26H22.C13H12N2.C13H13N.C5H8.C2H6/c1-19-7-3-9-21(15-19)23-11-5-13-25(17-23)26-14-6-12-24(18-26)22-10-4-8-20(2)16-22;14-13(15)12-9-5-4-8-11(12)10-6-2-1-3-7-10;14-10-12-8-4-5-9-13(12)11-6-2-1-3-7-11;1-3-5-4-2;1-2/h3-18H,1-2H3;1-9H,(H3,14,15);1-9H,10,14H2;3-5H,1H2,2H3;1-2H3/b;;;5-4-;. The average Bonchev–Trinajstić information content (AvgIpc) is 3.33. The van der Waals surface area contributed by atoms with Gasteiger partial charge in [0.1, 0.15) is 5.84 Å². The Morgan fingerprint density at radius 1 is 0.468 bits per heavy atom. The summed E-state index contributed by atoms with van der Waals surface area (Å²) in [5.41, 5.74) is 27.9. The molecule has 0 heterocycles. The highest BCUT2D eigenvalue weighted by atomic mass is 14.7. The Labute approximate surface area is 371 Å². The van der Waals surface area contributed by atoms with Gasteiger partial charge in [-0.05, 0) is 94.1 Å². The molecule has 0 radical (unpaired) electrons. The first-order valence-electron chi connectivity index (χ1n) is 21.2. The van der Waals surface area contributed by atoms with Crippen LogP contribution in [0.5, 0.6) is 0 Å². The van der Waals surface area contributed by atoms with Crippen molar-refractivity contribution in [1.29, 1.82) is 5.41 Å². The highest BCUT2D eigenvalue weighted by Gasteiger charge is 2.07. The molecule has 0 aliphatic heterocycles. The summed E-state index contributed by atoms with van der Waals surface area (Å²) in [6, 6.07) is 71.2. The Morgan fingerprint density at radius 2 is 0.823 bits per heavy atom. The van der Waals surface area contributed by atoms with Crippen LogP contribution in [0.4, 0.5) is 0 Å². The number of aryl methyl sites for hydroxylation is 2. The van der Waals surface area contributed by atoms with Crippen molar-refractivity contribution in [3.8, 4) is 55.6 Å². The van der Waals surface area contributed by atoms with E-state index in [2.05, 4.69) is 142 Å². The van der Waals surface area contributed by atoms with Crippen LogP contribution in [-0.4, -0.2) is 5.84 Å². The summed E-state index contributed by atoms with van der Waals surface area (Å²) in [7, 11) is 0. The summed E-state index contributed by atoms with van der Waals surface area (Å²) in [4.78, 5) is 0. The van der Waals surface area contributed by atoms with Gasteiger partial charge in [-0.1, -0.05) is 244 Å². The third-order valence-electron chi connectivity index (χ3n) is 9.71. The van der Waals surface area contributed by atoms with Gasteiger partial charge < -0.3 is 11.5 Å². The smallest absolute Gasteiger partial charge is 0.123 e. The Morgan fingerprint density at radius 3 is 1.21 bits per heavy atom. The lowest BCUT2D eigenvalue weighted by molar-refractivity contribution is 1.07. The van der Waals surface area contributed by atoms with Crippen molar-refractivity contribution in [3.63, 3.8) is 0 Å². The lowest BCUT2D eigenvalue weighted by Gasteiger charge is -2.09. The normalized spacial score (nSPS) is 9.97. The van der Waals surface area contributed by atoms with Gasteiger partial charge in [-0.25, -0.2) is 0 Å². The van der Waals surface area contributed by atoms with E-state index in [0.717, 1.165) is 16.7 Å². The molecule has 0 amide bonds. The summed E-state index contributed by atoms with van der Waals surface area (Å²) >= 11 is 0. The Balaban J connectivity index is 0.000000201. The second-order valence-corrected chi connectivity index (χ2v) is 14.2. The number of allylic oxidation sites excluding steroid dienone is 3. The van der Waals surface area contributed by atoms with E-state index >= 15 is 0 Å². The molecule has 62 heavy (non-hydrogen) atoms. The van der Waals surface area contributed by atoms with Gasteiger partial charge in [0, 0.05) is 12.1 Å². The van der Waals surface area contributed by atoms with Crippen LogP contribution in [0.25, 0.3) is 55.6 Å². The maximum atomic E-state index is 7.50. The number of nitrogen functional groups attached to an aromatic ring is 1. The van der Waals surface area contributed by atoms with Gasteiger partial charge in [0.25, 0.3) is 0 Å². The molecule has 0 aromatic heterocycles. The minimum Gasteiger partial charge on any atom is -0.384 e. The highest BCUT2D eigenvalue weighted by molar-refractivity contribution is 6.01. The number of hydrogen-bond donors (Lipinski definition) is 3. The highest BCUT2D eigenvalue weighted by Crippen LogP contribution is 2.30. The molecule has 0 aliphatic carbocycles. The van der Waals surface area contributed by atoms with Crippen LogP contribution in [0.15, 0.2) is 231 Å². The minimum absolute atomic E-state index is 0.106. The lowest BCUT2D eigenvalue weighted by atomic mass is 9.95. The number of hydrogen-bond acceptors (Lipinski definition) is 2. The maximum absolute atomic E-state index is 7.50. The zero-order valence-electron chi connectivity index (χ0n) is 36.9. The molecule has 3 nitrogen and oxygen atoms in total. The monoisotopic (exact) mass is 811 g/mol. The minimum atomic E-state index is 0.106. The molecule has 0 fully saturated rings. The summed E-state index contributed by atoms with van der Waals surface area (Å²) in [6.45, 7) is 14.3. The molecule has 0 spiro atoms. The SMILES string of the molecule is C=C/C=C\C.CC.Cc1cccc(-c2cccc(-c3cccc(-c4cccc(C)c4)c3)c2)c1.N=C(N)c1ccccc1-c1ccccc1.NCc1ccccc1-c1ccccc1. The van der Waals surface area contributed by atoms with Crippen molar-refractivity contribution in [1.82, 2.24) is 0 Å². The summed E-state index contributed by atoms with van der Waals surface area (Å²) in [5.74, 6) is 0.106. The van der Waals surface area contributed by atoms with Crippen molar-refractivity contribution in [2.75, 3.05) is 0 Å². The van der Waals surface area contributed by atoms with Gasteiger partial charge >= 0.3 is 0 Å². The largest absolute Gasteiger partial charge is 0.384 e. The molecular formula is C59H61N3. The van der Waals surface area contributed by atoms with Gasteiger partial charge in [0.05, 0.1) is 0 Å². The van der Waals surface area contributed by atoms with Gasteiger partial charge in [0.2, 0.25) is 0 Å². The van der Waals surface area contributed by atoms with Gasteiger partial charge in [-0.3, -0.25) is 5.41 Å². The number of nitrogens with one attached hydrogen (secondary N) is 1. The molecule has 0 aliphatic rings. The lowest BCUT2D eigenvalue weighted by Crippen LogP contribution is -2.12. The first-order valence-corrected chi connectivity index (χ1v) is 21.2. The molecule has 0 atom stereocenters. The number of benzene rings is 8. The quantitative estimate of drug-likeness (QED) is 0.0812. The van der Waals surface area contributed by atoms with E-state index < -0.39 is 0 Å². The van der Waals surface area contributed by atoms with E-state index in [1.165, 1.54) is 61.2 Å². The van der Waals surface area contributed by atoms with E-state index in [4.69, 9.17) is 16.9 Å². The molecule has 8 aromatic rings. The first-order chi connectivity index (χ1) is 30.3. The zero-order chi connectivity index (χ0) is 44.5. The third kappa shape index (κ3) is 14.4. The molecule has 3 heteroatoms. The van der Waals surface area contributed by atoms with Crippen LogP contribution in [-0.2, 0) is 6.54 Å². The molecule has 0 saturated heterocycles. The topological polar surface area (TPSA) is 75.9 Å². The third-order valence-corrected chi connectivity index (χ3v) is 9.71. The fourth-order valence-corrected chi connectivity index (χ4v) is 6.73. The summed E-state index contributed by atoms with van der Waals surface area (Å²) < 4.78 is 0. The second kappa shape index (κ2) is 26.0. The number of amidine groups is 1. The van der Waals surface area contributed by atoms with Gasteiger partial charge in [0.15, 0.2) is 0 Å². The van der Waals surface area contributed by atoms with Crippen molar-refractivity contribution in [2.45, 2.75) is 41.2 Å². The predicted molar refractivity (Wildman–Crippen MR) is 271 cm³/mol. The Hall–Kier alpha value is -7.33. The predicted octanol–water partition coefficient (Wildman–Crippen LogP) is 15.5. The molecule has 8 rings (SSSR count). The number of nitrogens with two attached hydrogens (primary N) is 2. The van der Waals surface area contributed by atoms with Crippen LogP contribution in [0.3, 0.4) is 0 Å². The maximum Gasteiger partial charge on any atom is 0.123 e. The van der Waals surface area contributed by atoms with Crippen molar-refractivity contribution < 1.29 is 0 Å². The van der Waals surface area contributed by atoms with Crippen LogP contribution >= 0.6 is 0 Å². The average molecular weight is 812 g/mol. The van der Waals surface area contributed by atoms with Crippen LogP contribution in [0, 0.1) is 19.3 Å². The van der Waals surface area contributed by atoms with E-state index in [9.17, 15) is 0 Å². The molecule has 312 valence electrons. The number of rotatable bonds is 8. The molecule has 5 N–H and O–H groups in total. The van der Waals surface area contributed by atoms with Crippen molar-refractivity contribution >= 4 is 5.84 Å². The van der Waals surface area contributed by atoms with Gasteiger partial charge in [-0.2, -0.15) is 0 Å². The van der Waals surface area contributed by atoms with Crippen molar-refractivity contribution in [3.05, 3.63) is 253 Å². The summed E-state index contributed by atoms with van der Waals surface area (Å²) in [5, 5.41) is 7.50. The van der Waals surface area contributed by atoms with Gasteiger partial charge in [-0.15, -0.1) is 0 Å². The fraction of sp³-hybridized carbons (Fsp3) is 0.102. The van der Waals surface area contributed by atoms with Crippen LogP contribution in [0.1, 0.15) is 43.0 Å². The van der Waals surface area contributed by atoms with E-state index in [1.54, 1.807) is 6.08 Å². The van der Waals surface area contributed by atoms with Crippen LogP contribution in [0.2, 0.25) is 0 Å². The van der Waals surface area contributed by atoms with Crippen molar-refractivity contribution in [2.24, 2.45) is 11.5 Å². The van der Waals surface area contributed by atoms with E-state index in [0.29, 0.717) is 6.54 Å². The summed E-state index contributed by atoms with van der Waals surface area (Å²) in [6.07, 6.45) is 5.58. The first kappa shape index (κ1) is 47.3. The second-order valence-electron chi connectivity index (χ2n) is 14.2. The molecule has 0 unspecified atom stereocenters. The zero-order valence-corrected chi connectivity index (χ0v) is 36.9.